The second-order valence-corrected chi connectivity index (χ2v) is 8.68. The zero-order chi connectivity index (χ0) is 25.7. The molecule has 2 heterocycles. The Morgan fingerprint density at radius 1 is 1.25 bits per heavy atom. The van der Waals surface area contributed by atoms with Crippen molar-refractivity contribution in [3.8, 4) is 6.07 Å². The molecule has 36 heavy (non-hydrogen) atoms. The number of aliphatic hydroxyl groups is 1. The summed E-state index contributed by atoms with van der Waals surface area (Å²) < 4.78 is 31.6. The van der Waals surface area contributed by atoms with Crippen molar-refractivity contribution in [2.45, 2.75) is 26.0 Å². The smallest absolute Gasteiger partial charge is 0.263 e. The lowest BCUT2D eigenvalue weighted by atomic mass is 9.96. The highest BCUT2D eigenvalue weighted by atomic mass is 19.3. The molecule has 9 heteroatoms. The molecule has 2 aromatic carbocycles. The summed E-state index contributed by atoms with van der Waals surface area (Å²) >= 11 is 0. The van der Waals surface area contributed by atoms with E-state index in [9.17, 15) is 18.7 Å². The van der Waals surface area contributed by atoms with Gasteiger partial charge in [-0.2, -0.15) is 5.26 Å². The normalized spacial score (nSPS) is 17.9. The first-order valence-electron chi connectivity index (χ1n) is 11.7. The van der Waals surface area contributed by atoms with Gasteiger partial charge in [0.2, 0.25) is 0 Å². The van der Waals surface area contributed by atoms with E-state index < -0.39 is 18.6 Å². The summed E-state index contributed by atoms with van der Waals surface area (Å²) in [7, 11) is 0. The van der Waals surface area contributed by atoms with E-state index in [1.807, 2.05) is 31.3 Å². The summed E-state index contributed by atoms with van der Waals surface area (Å²) in [6, 6.07) is 13.0. The van der Waals surface area contributed by atoms with Crippen molar-refractivity contribution in [3.05, 3.63) is 82.7 Å². The number of anilines is 1. The van der Waals surface area contributed by atoms with Crippen molar-refractivity contribution >= 4 is 17.2 Å². The molecule has 4 rings (SSSR count). The molecule has 1 unspecified atom stereocenters. The molecule has 0 radical (unpaired) electrons. The molecule has 1 saturated heterocycles. The predicted octanol–water partition coefficient (Wildman–Crippen LogP) is 4.29. The molecule has 2 N–H and O–H groups in total. The zero-order valence-corrected chi connectivity index (χ0v) is 20.0. The monoisotopic (exact) mass is 494 g/mol. The Hall–Kier alpha value is -3.74. The molecule has 188 valence electrons. The van der Waals surface area contributed by atoms with E-state index in [-0.39, 0.29) is 17.5 Å². The van der Waals surface area contributed by atoms with E-state index in [1.165, 1.54) is 24.3 Å². The van der Waals surface area contributed by atoms with Gasteiger partial charge in [-0.05, 0) is 54.0 Å². The largest absolute Gasteiger partial charge is 0.378 e. The van der Waals surface area contributed by atoms with Crippen LogP contribution in [0.25, 0.3) is 5.57 Å². The van der Waals surface area contributed by atoms with Gasteiger partial charge < -0.3 is 25.0 Å². The highest BCUT2D eigenvalue weighted by Gasteiger charge is 2.28. The van der Waals surface area contributed by atoms with Gasteiger partial charge >= 0.3 is 0 Å². The van der Waals surface area contributed by atoms with Crippen LogP contribution in [0.1, 0.15) is 39.9 Å². The van der Waals surface area contributed by atoms with Crippen molar-refractivity contribution in [1.29, 1.82) is 5.26 Å². The van der Waals surface area contributed by atoms with Crippen molar-refractivity contribution < 1.29 is 23.4 Å². The number of aliphatic hydroxyl groups excluding tert-OH is 1. The lowest BCUT2D eigenvalue weighted by Crippen LogP contribution is -2.45. The summed E-state index contributed by atoms with van der Waals surface area (Å²) in [4.78, 5) is 16.6. The summed E-state index contributed by atoms with van der Waals surface area (Å²) in [6.45, 7) is 4.73. The average Bonchev–Trinajstić information content (AvgIpc) is 2.89. The summed E-state index contributed by atoms with van der Waals surface area (Å²) in [6.07, 6.45) is 0.466. The minimum atomic E-state index is -2.66. The minimum Gasteiger partial charge on any atom is -0.378 e. The second kappa shape index (κ2) is 11.3. The third kappa shape index (κ3) is 5.73. The number of nitriles is 1. The molecule has 1 fully saturated rings. The van der Waals surface area contributed by atoms with Gasteiger partial charge in [0.15, 0.2) is 6.23 Å². The number of morpholine rings is 1. The molecule has 1 amide bonds. The third-order valence-corrected chi connectivity index (χ3v) is 6.25. The van der Waals surface area contributed by atoms with Crippen LogP contribution in [0.3, 0.4) is 0 Å². The maximum Gasteiger partial charge on any atom is 0.263 e. The first kappa shape index (κ1) is 25.4. The zero-order valence-electron chi connectivity index (χ0n) is 20.0. The molecule has 0 aliphatic carbocycles. The Morgan fingerprint density at radius 3 is 2.75 bits per heavy atom. The van der Waals surface area contributed by atoms with Crippen molar-refractivity contribution in [2.24, 2.45) is 0 Å². The number of amides is 1. The van der Waals surface area contributed by atoms with Gasteiger partial charge in [-0.1, -0.05) is 18.2 Å². The van der Waals surface area contributed by atoms with Crippen LogP contribution in [0.5, 0.6) is 0 Å². The Kier molecular flexibility index (Phi) is 7.98. The number of hydrogen-bond acceptors (Lipinski definition) is 6. The number of nitrogens with one attached hydrogen (secondary N) is 1. The molecule has 0 aromatic heterocycles. The van der Waals surface area contributed by atoms with E-state index >= 15 is 0 Å². The Labute approximate surface area is 208 Å². The Bertz CT molecular complexity index is 1220. The molecule has 1 atom stereocenters. The number of aryl methyl sites for hydroxylation is 1. The maximum absolute atomic E-state index is 13.1. The number of allylic oxidation sites excluding steroid dienone is 2. The fourth-order valence-corrected chi connectivity index (χ4v) is 4.31. The number of hydrogen-bond donors (Lipinski definition) is 2. The maximum atomic E-state index is 13.1. The van der Waals surface area contributed by atoms with Gasteiger partial charge in [0.25, 0.3) is 12.3 Å². The number of ether oxygens (including phenoxy) is 1. The fraction of sp³-hybridized carbons (Fsp3) is 0.333. The van der Waals surface area contributed by atoms with Gasteiger partial charge in [0, 0.05) is 42.6 Å². The first-order chi connectivity index (χ1) is 17.4. The lowest BCUT2D eigenvalue weighted by Gasteiger charge is -2.39. The van der Waals surface area contributed by atoms with Crippen LogP contribution in [0.4, 0.5) is 14.5 Å². The first-order valence-corrected chi connectivity index (χ1v) is 11.7. The van der Waals surface area contributed by atoms with E-state index in [4.69, 9.17) is 10.00 Å². The number of benzene rings is 2. The Morgan fingerprint density at radius 2 is 2.03 bits per heavy atom. The van der Waals surface area contributed by atoms with Gasteiger partial charge in [-0.25, -0.2) is 8.78 Å². The molecule has 0 bridgehead atoms. The number of carbonyl (C=O) groups excluding carboxylic acids is 1. The molecule has 2 aliphatic rings. The van der Waals surface area contributed by atoms with Crippen molar-refractivity contribution in [2.75, 3.05) is 38.2 Å². The van der Waals surface area contributed by atoms with Gasteiger partial charge in [0.05, 0.1) is 31.4 Å². The summed E-state index contributed by atoms with van der Waals surface area (Å²) in [5.74, 6) is -0.486. The number of nitrogens with zero attached hydrogens (tertiary/aromatic N) is 3. The van der Waals surface area contributed by atoms with Crippen molar-refractivity contribution in [3.63, 3.8) is 0 Å². The molecular formula is C27H28F2N4O3. The SMILES string of the molecule is Cc1ccc(NC(=O)c2cccc(C(F)F)c2)cc1C1=CN(CCC#N)C(O)C(N2CCOCC2)=C1. The van der Waals surface area contributed by atoms with Crippen LogP contribution < -0.4 is 5.32 Å². The molecule has 2 aromatic rings. The van der Waals surface area contributed by atoms with E-state index in [2.05, 4.69) is 16.3 Å². The number of carbonyl (C=O) groups is 1. The number of halogens is 2. The van der Waals surface area contributed by atoms with Gasteiger partial charge in [0.1, 0.15) is 0 Å². The van der Waals surface area contributed by atoms with Crippen LogP contribution in [-0.2, 0) is 4.74 Å². The molecule has 0 spiro atoms. The Balaban J connectivity index is 1.64. The lowest BCUT2D eigenvalue weighted by molar-refractivity contribution is 0.00622. The predicted molar refractivity (Wildman–Crippen MR) is 132 cm³/mol. The highest BCUT2D eigenvalue weighted by Crippen LogP contribution is 2.32. The van der Waals surface area contributed by atoms with E-state index in [1.54, 1.807) is 11.0 Å². The summed E-state index contributed by atoms with van der Waals surface area (Å²) in [5.41, 5.74) is 3.80. The standard InChI is InChI=1S/C27H28F2N4O3/c1-18-6-7-22(31-26(34)20-5-2-4-19(14-20)25(28)29)16-23(18)21-15-24(32-10-12-36-13-11-32)27(35)33(17-21)9-3-8-30/h2,4-7,14-17,25,27,35H,3,9-13H2,1H3,(H,31,34). The van der Waals surface area contributed by atoms with Crippen molar-refractivity contribution in [1.82, 2.24) is 9.80 Å². The molecular weight excluding hydrogens is 466 g/mol. The molecule has 0 saturated carbocycles. The third-order valence-electron chi connectivity index (χ3n) is 6.25. The quantitative estimate of drug-likeness (QED) is 0.597. The topological polar surface area (TPSA) is 88.8 Å². The number of alkyl halides is 2. The van der Waals surface area contributed by atoms with Gasteiger partial charge in [-0.15, -0.1) is 0 Å². The highest BCUT2D eigenvalue weighted by molar-refractivity contribution is 6.04. The molecule has 2 aliphatic heterocycles. The molecule has 7 nitrogen and oxygen atoms in total. The van der Waals surface area contributed by atoms with Crippen LogP contribution in [0.2, 0.25) is 0 Å². The van der Waals surface area contributed by atoms with Crippen LogP contribution in [0.15, 0.2) is 60.4 Å². The van der Waals surface area contributed by atoms with E-state index in [0.29, 0.717) is 38.5 Å². The number of rotatable bonds is 7. The second-order valence-electron chi connectivity index (χ2n) is 8.68. The minimum absolute atomic E-state index is 0.145. The average molecular weight is 495 g/mol. The van der Waals surface area contributed by atoms with Crippen LogP contribution in [-0.4, -0.2) is 59.9 Å². The van der Waals surface area contributed by atoms with Crippen LogP contribution >= 0.6 is 0 Å². The van der Waals surface area contributed by atoms with E-state index in [0.717, 1.165) is 22.4 Å². The summed E-state index contributed by atoms with van der Waals surface area (Å²) in [5, 5.41) is 22.9. The van der Waals surface area contributed by atoms with Crippen LogP contribution in [0, 0.1) is 18.3 Å². The van der Waals surface area contributed by atoms with Gasteiger partial charge in [-0.3, -0.25) is 4.79 Å². The fourth-order valence-electron chi connectivity index (χ4n) is 4.31.